The Morgan fingerprint density at radius 2 is 1.94 bits per heavy atom. The highest BCUT2D eigenvalue weighted by Gasteiger charge is 2.32. The van der Waals surface area contributed by atoms with Crippen LogP contribution in [0.4, 0.5) is 5.00 Å². The Balaban J connectivity index is 1.54. The summed E-state index contributed by atoms with van der Waals surface area (Å²) in [5.74, 6) is 1.34. The molecule has 7 heteroatoms. The molecule has 0 aliphatic heterocycles. The molecule has 0 N–H and O–H groups in total. The van der Waals surface area contributed by atoms with Gasteiger partial charge in [-0.05, 0) is 91.8 Å². The lowest BCUT2D eigenvalue weighted by Crippen LogP contribution is -2.26. The predicted molar refractivity (Wildman–Crippen MR) is 149 cm³/mol. The summed E-state index contributed by atoms with van der Waals surface area (Å²) in [5.41, 5.74) is 4.04. The van der Waals surface area contributed by atoms with Crippen LogP contribution in [-0.2, 0) is 19.4 Å². The minimum absolute atomic E-state index is 0.270. The Morgan fingerprint density at radius 1 is 1.24 bits per heavy atom. The SMILES string of the molecule is CC(C)(C)[C@@H]1CCc2c(sc(N=Cc3cc(Br)c(OCc4ccccc4Cl)c(Br)c3)c2C#N)C1. The van der Waals surface area contributed by atoms with Crippen molar-refractivity contribution in [1.29, 1.82) is 5.26 Å². The van der Waals surface area contributed by atoms with Gasteiger partial charge in [0.1, 0.15) is 23.4 Å². The lowest BCUT2D eigenvalue weighted by Gasteiger charge is -2.33. The maximum Gasteiger partial charge on any atom is 0.148 e. The zero-order chi connectivity index (χ0) is 24.5. The molecule has 34 heavy (non-hydrogen) atoms. The highest BCUT2D eigenvalue weighted by atomic mass is 79.9. The Hall–Kier alpha value is -1.65. The molecule has 1 aliphatic carbocycles. The van der Waals surface area contributed by atoms with Crippen LogP contribution in [0.25, 0.3) is 0 Å². The molecular formula is C27H25Br2ClN2OS. The number of benzene rings is 2. The van der Waals surface area contributed by atoms with Crippen molar-refractivity contribution in [2.45, 2.75) is 46.6 Å². The van der Waals surface area contributed by atoms with Crippen LogP contribution in [0.15, 0.2) is 50.3 Å². The van der Waals surface area contributed by atoms with Gasteiger partial charge in [-0.15, -0.1) is 11.3 Å². The van der Waals surface area contributed by atoms with Gasteiger partial charge >= 0.3 is 0 Å². The summed E-state index contributed by atoms with van der Waals surface area (Å²) in [5, 5.41) is 11.3. The van der Waals surface area contributed by atoms with Crippen LogP contribution >= 0.6 is 54.8 Å². The standard InChI is InChI=1S/C27H25Br2ClN2OS/c1-27(2,3)18-8-9-19-20(13-31)26(34-24(19)12-18)32-14-16-10-21(28)25(22(29)11-16)33-15-17-6-4-5-7-23(17)30/h4-7,10-11,14,18H,8-9,12,15H2,1-3H3/t18-/m1/s1. The van der Waals surface area contributed by atoms with Crippen LogP contribution in [0.1, 0.15) is 54.3 Å². The maximum absolute atomic E-state index is 9.83. The van der Waals surface area contributed by atoms with Gasteiger partial charge in [-0.1, -0.05) is 50.6 Å². The van der Waals surface area contributed by atoms with Crippen LogP contribution in [-0.4, -0.2) is 6.21 Å². The summed E-state index contributed by atoms with van der Waals surface area (Å²) in [4.78, 5) is 6.05. The van der Waals surface area contributed by atoms with Gasteiger partial charge in [0, 0.05) is 21.7 Å². The second kappa shape index (κ2) is 10.5. The number of ether oxygens (including phenoxy) is 1. The van der Waals surface area contributed by atoms with Crippen LogP contribution in [0.2, 0.25) is 5.02 Å². The van der Waals surface area contributed by atoms with Gasteiger partial charge in [0.05, 0.1) is 14.5 Å². The molecule has 1 atom stereocenters. The number of hydrogen-bond donors (Lipinski definition) is 0. The number of nitrogens with zero attached hydrogens (tertiary/aromatic N) is 2. The Labute approximate surface area is 227 Å². The lowest BCUT2D eigenvalue weighted by molar-refractivity contribution is 0.218. The second-order valence-electron chi connectivity index (χ2n) is 9.55. The molecular weight excluding hydrogens is 596 g/mol. The normalized spacial score (nSPS) is 15.9. The van der Waals surface area contributed by atoms with Crippen molar-refractivity contribution in [2.24, 2.45) is 16.3 Å². The Bertz CT molecular complexity index is 1260. The molecule has 2 aromatic carbocycles. The lowest BCUT2D eigenvalue weighted by atomic mass is 9.72. The van der Waals surface area contributed by atoms with Gasteiger partial charge in [0.15, 0.2) is 0 Å². The van der Waals surface area contributed by atoms with E-state index in [1.54, 1.807) is 11.3 Å². The van der Waals surface area contributed by atoms with Crippen molar-refractivity contribution < 1.29 is 4.74 Å². The van der Waals surface area contributed by atoms with E-state index in [0.29, 0.717) is 23.3 Å². The topological polar surface area (TPSA) is 45.4 Å². The summed E-state index contributed by atoms with van der Waals surface area (Å²) < 4.78 is 7.65. The highest BCUT2D eigenvalue weighted by molar-refractivity contribution is 9.11. The number of thiophene rings is 1. The van der Waals surface area contributed by atoms with Crippen LogP contribution < -0.4 is 4.74 Å². The number of rotatable bonds is 5. The molecule has 1 aromatic heterocycles. The van der Waals surface area contributed by atoms with Crippen molar-refractivity contribution in [1.82, 2.24) is 0 Å². The van der Waals surface area contributed by atoms with Crippen LogP contribution in [0.3, 0.4) is 0 Å². The van der Waals surface area contributed by atoms with Gasteiger partial charge in [-0.25, -0.2) is 4.99 Å². The van der Waals surface area contributed by atoms with Crippen molar-refractivity contribution in [3.05, 3.63) is 77.5 Å². The monoisotopic (exact) mass is 618 g/mol. The number of fused-ring (bicyclic) bond motifs is 1. The van der Waals surface area contributed by atoms with E-state index in [-0.39, 0.29) is 5.41 Å². The number of hydrogen-bond acceptors (Lipinski definition) is 4. The highest BCUT2D eigenvalue weighted by Crippen LogP contribution is 2.45. The van der Waals surface area contributed by atoms with Gasteiger partial charge in [-0.2, -0.15) is 5.26 Å². The fraction of sp³-hybridized carbons (Fsp3) is 0.333. The quantitative estimate of drug-likeness (QED) is 0.267. The number of aliphatic imine (C=N–C) groups is 1. The van der Waals surface area contributed by atoms with Crippen molar-refractivity contribution >= 4 is 66.0 Å². The van der Waals surface area contributed by atoms with E-state index in [4.69, 9.17) is 21.3 Å². The summed E-state index contributed by atoms with van der Waals surface area (Å²) in [6, 6.07) is 14.0. The van der Waals surface area contributed by atoms with E-state index < -0.39 is 0 Å². The maximum atomic E-state index is 9.83. The summed E-state index contributed by atoms with van der Waals surface area (Å²) in [6.07, 6.45) is 4.93. The summed E-state index contributed by atoms with van der Waals surface area (Å²) in [7, 11) is 0. The van der Waals surface area contributed by atoms with E-state index in [2.05, 4.69) is 58.7 Å². The third kappa shape index (κ3) is 5.60. The van der Waals surface area contributed by atoms with E-state index in [1.807, 2.05) is 42.6 Å². The smallest absolute Gasteiger partial charge is 0.148 e. The fourth-order valence-electron chi connectivity index (χ4n) is 4.21. The number of halogens is 3. The van der Waals surface area contributed by atoms with Crippen molar-refractivity contribution in [2.75, 3.05) is 0 Å². The molecule has 3 nitrogen and oxygen atoms in total. The first-order chi connectivity index (χ1) is 16.2. The Morgan fingerprint density at radius 3 is 2.59 bits per heavy atom. The van der Waals surface area contributed by atoms with Gasteiger partial charge < -0.3 is 4.74 Å². The van der Waals surface area contributed by atoms with Crippen LogP contribution in [0, 0.1) is 22.7 Å². The Kier molecular flexibility index (Phi) is 7.89. The molecule has 1 heterocycles. The molecule has 0 saturated heterocycles. The molecule has 0 bridgehead atoms. The second-order valence-corrected chi connectivity index (χ2v) is 12.8. The summed E-state index contributed by atoms with van der Waals surface area (Å²) in [6.45, 7) is 7.28. The fourth-order valence-corrected chi connectivity index (χ4v) is 7.07. The third-order valence-electron chi connectivity index (χ3n) is 6.26. The molecule has 3 aromatic rings. The molecule has 0 saturated carbocycles. The number of nitriles is 1. The van der Waals surface area contributed by atoms with Gasteiger partial charge in [-0.3, -0.25) is 0 Å². The van der Waals surface area contributed by atoms with Crippen LogP contribution in [0.5, 0.6) is 5.75 Å². The van der Waals surface area contributed by atoms with E-state index in [0.717, 1.165) is 49.9 Å². The molecule has 176 valence electrons. The minimum atomic E-state index is 0.270. The predicted octanol–water partition coefficient (Wildman–Crippen LogP) is 9.28. The average Bonchev–Trinajstić information content (AvgIpc) is 3.14. The first kappa shape index (κ1) is 25.4. The molecule has 0 radical (unpaired) electrons. The third-order valence-corrected chi connectivity index (χ3v) is 8.97. The zero-order valence-electron chi connectivity index (χ0n) is 19.3. The first-order valence-electron chi connectivity index (χ1n) is 11.1. The largest absolute Gasteiger partial charge is 0.486 e. The van der Waals surface area contributed by atoms with E-state index in [1.165, 1.54) is 10.4 Å². The first-order valence-corrected chi connectivity index (χ1v) is 13.9. The molecule has 0 spiro atoms. The molecule has 1 aliphatic rings. The van der Waals surface area contributed by atoms with Crippen molar-refractivity contribution in [3.63, 3.8) is 0 Å². The van der Waals surface area contributed by atoms with E-state index in [9.17, 15) is 5.26 Å². The average molecular weight is 621 g/mol. The molecule has 4 rings (SSSR count). The molecule has 0 fully saturated rings. The van der Waals surface area contributed by atoms with Crippen molar-refractivity contribution in [3.8, 4) is 11.8 Å². The molecule has 0 amide bonds. The zero-order valence-corrected chi connectivity index (χ0v) is 24.0. The van der Waals surface area contributed by atoms with Gasteiger partial charge in [0.2, 0.25) is 0 Å². The minimum Gasteiger partial charge on any atom is -0.486 e. The molecule has 0 unspecified atom stereocenters. The summed E-state index contributed by atoms with van der Waals surface area (Å²) >= 11 is 15.1. The van der Waals surface area contributed by atoms with E-state index >= 15 is 0 Å². The van der Waals surface area contributed by atoms with Gasteiger partial charge in [0.25, 0.3) is 0 Å².